The monoisotopic (exact) mass is 2090 g/mol. The summed E-state index contributed by atoms with van der Waals surface area (Å²) in [6.45, 7) is 19.3. The van der Waals surface area contributed by atoms with Gasteiger partial charge in [-0.1, -0.05) is 71.3 Å². The summed E-state index contributed by atoms with van der Waals surface area (Å²) in [7, 11) is 0. The molecule has 32 nitrogen and oxygen atoms in total. The Morgan fingerprint density at radius 1 is 0.385 bits per heavy atom. The smallest absolute Gasteiger partial charge is 0.406 e. The number of Topliss-reactive ketones (excluding diaryl/α,β-unsaturated/α-hetero) is 1. The third-order valence-corrected chi connectivity index (χ3v) is 30.5. The van der Waals surface area contributed by atoms with Crippen LogP contribution < -0.4 is 24.3 Å². The maximum Gasteiger partial charge on any atom is 0.573 e. The molecule has 11 aliphatic rings. The number of rotatable bonds is 14. The molecule has 8 atom stereocenters. The van der Waals surface area contributed by atoms with Crippen molar-refractivity contribution in [3.63, 3.8) is 0 Å². The van der Waals surface area contributed by atoms with Gasteiger partial charge in [0.1, 0.15) is 5.75 Å². The molecular weight excluding hydrogens is 1980 g/mol. The van der Waals surface area contributed by atoms with Gasteiger partial charge in [0.2, 0.25) is 52.8 Å². The molecule has 148 heavy (non-hydrogen) atoms. The van der Waals surface area contributed by atoms with E-state index >= 15 is 0 Å². The van der Waals surface area contributed by atoms with E-state index in [0.29, 0.717) is 118 Å². The van der Waals surface area contributed by atoms with Gasteiger partial charge in [-0.05, 0) is 147 Å². The van der Waals surface area contributed by atoms with Crippen LogP contribution >= 0.6 is 11.6 Å². The highest BCUT2D eigenvalue weighted by Crippen LogP contribution is 2.47. The van der Waals surface area contributed by atoms with Crippen molar-refractivity contribution in [2.24, 2.45) is 59.2 Å². The first-order valence-electron chi connectivity index (χ1n) is 49.9. The summed E-state index contributed by atoms with van der Waals surface area (Å²) >= 11 is 6.65. The molecule has 4 saturated heterocycles. The van der Waals surface area contributed by atoms with E-state index in [2.05, 4.69) is 110 Å². The number of carbonyl (C=O) groups is 6. The van der Waals surface area contributed by atoms with E-state index in [1.807, 2.05) is 76.0 Å². The van der Waals surface area contributed by atoms with Crippen molar-refractivity contribution < 1.29 is 99.4 Å². The normalized spacial score (nSPS) is 21.9. The topological polar surface area (TPSA) is 315 Å². The molecule has 17 heterocycles. The van der Waals surface area contributed by atoms with E-state index < -0.39 is 54.4 Å². The van der Waals surface area contributed by atoms with E-state index in [1.165, 1.54) is 47.7 Å². The lowest BCUT2D eigenvalue weighted by molar-refractivity contribution is -0.274. The summed E-state index contributed by atoms with van der Waals surface area (Å²) in [5, 5.41) is 31.2. The number of piperidine rings is 4. The maximum atomic E-state index is 13.4. The molecule has 22 rings (SSSR count). The van der Waals surface area contributed by atoms with Crippen molar-refractivity contribution in [2.45, 2.75) is 202 Å². The number of alkyl halides is 15. The minimum atomic E-state index is -4.81. The summed E-state index contributed by atoms with van der Waals surface area (Å²) in [6, 6.07) is 22.0. The Balaban J connectivity index is 0.000000124. The largest absolute Gasteiger partial charge is 0.573 e. The molecule has 2 aliphatic carbocycles. The lowest BCUT2D eigenvalue weighted by Gasteiger charge is -2.42. The Morgan fingerprint density at radius 3 is 1.11 bits per heavy atom. The van der Waals surface area contributed by atoms with Crippen molar-refractivity contribution in [3.05, 3.63) is 172 Å². The molecule has 3 aromatic carbocycles. The van der Waals surface area contributed by atoms with E-state index in [1.54, 1.807) is 33.2 Å². The first-order chi connectivity index (χ1) is 70.3. The highest BCUT2D eigenvalue weighted by Gasteiger charge is 2.49. The highest BCUT2D eigenvalue weighted by molar-refractivity contribution is 6.33. The molecular formula is C100H109ClF15N25O7. The Hall–Kier alpha value is -13.1. The van der Waals surface area contributed by atoms with Gasteiger partial charge in [0.25, 0.3) is 0 Å². The molecule has 8 aromatic heterocycles. The zero-order valence-electron chi connectivity index (χ0n) is 81.8. The predicted molar refractivity (Wildman–Crippen MR) is 508 cm³/mol. The Bertz CT molecular complexity index is 6860. The number of hydrogen-bond acceptors (Lipinski definition) is 23. The minimum Gasteiger partial charge on any atom is -0.406 e. The molecule has 0 unspecified atom stereocenters. The van der Waals surface area contributed by atoms with Gasteiger partial charge in [-0.15, -0.1) is 54.0 Å². The number of anilines is 4. The lowest BCUT2D eigenvalue weighted by atomic mass is 9.85. The summed E-state index contributed by atoms with van der Waals surface area (Å²) < 4.78 is 204. The van der Waals surface area contributed by atoms with Crippen LogP contribution in [0.4, 0.5) is 88.6 Å². The minimum absolute atomic E-state index is 0.00591. The SMILES string of the molecule is CC(C)CC(=O)c1ccc2c(N3CC[C@H](C(=O)N4CCn5c(nnc5C(F)(F)F)C4)[C@H](C)C3)ccnc2c1.C[C@@H]1CN(c2c(Cl)cnc3c2CCN(C(=O)C2CC2)C3)CC[C@@H]1C(=O)N1CCn2c(nnc2C(F)(F)F)C1.C[C@@H]1CN(c2ccnc3cc(C4CC4)ccc23)CC[C@@H]1C(=O)N1CCn2c(nnc2C(F)(F)F)C1.C[C@@H]1CN(c2ccnc3cc(OC(F)(F)F)ccc23)CC[C@@H]1C(=O)N1CCn2c(nnc2C(F)(F)F)C1. The van der Waals surface area contributed by atoms with Crippen LogP contribution in [0.3, 0.4) is 0 Å². The van der Waals surface area contributed by atoms with Crippen LogP contribution in [0.15, 0.2) is 97.6 Å². The second-order valence-corrected chi connectivity index (χ2v) is 41.3. The Kier molecular flexibility index (Phi) is 28.7. The van der Waals surface area contributed by atoms with E-state index in [9.17, 15) is 94.6 Å². The van der Waals surface area contributed by atoms with Crippen molar-refractivity contribution in [3.8, 4) is 5.75 Å². The number of ether oxygens (including phenoxy) is 1. The fourth-order valence-corrected chi connectivity index (χ4v) is 22.7. The molecule has 0 N–H and O–H groups in total. The van der Waals surface area contributed by atoms with Gasteiger partial charge >= 0.3 is 31.1 Å². The first kappa shape index (κ1) is 103. The molecule has 6 fully saturated rings. The van der Waals surface area contributed by atoms with Crippen LogP contribution in [0.25, 0.3) is 32.7 Å². The number of benzene rings is 3. The molecule has 9 aliphatic heterocycles. The van der Waals surface area contributed by atoms with Crippen molar-refractivity contribution in [2.75, 3.05) is 105 Å². The number of ketones is 1. The molecule has 11 aromatic rings. The molecule has 0 radical (unpaired) electrons. The number of fused-ring (bicyclic) bond motifs is 8. The standard InChI is InChI=1S/C27H31F3N6O2.C25H29ClF3N7O2.C25H27F3N6O.C23H22F6N6O2/c1-16(2)12-23(37)18-4-5-20-21(13-18)31-8-6-22(20)34-9-7-19(17(3)14-34)25(38)35-10-11-36-24(15-35)32-33-26(36)27(28,29)30;1-14-11-33(21-17-5-7-34(22(37)15-2-3-15)12-19(17)30-10-18(21)26)6-4-16(14)23(38)35-8-9-36-20(13-35)31-32-24(36)25(27,28)29;1-15-13-32(21-6-8-29-20-12-17(16-2-3-16)4-5-19(20)21)9-7-18(15)23(35)33-10-11-34-22(14-33)30-31-24(34)25(26,27)28;1-13-11-33(18-4-6-30-17-10-14(2-3-16(17)18)37-23(27,28)29)7-5-15(13)20(36)34-8-9-35-19(12-34)31-32-21(35)22(24,25)26/h4-6,8,13,16-17,19H,7,9-12,14-15H2,1-3H3;10,14-16H,2-9,11-13H2,1H3;4-6,8,12,15-16,18H,2-3,7,9-11,13-14H2,1H3;2-4,6,10,13,15H,5,7-9,11-12H2,1H3/t17-,19+;14-,16+;15-,18+;13-,15+/m1111/s1. The maximum absolute atomic E-state index is 13.4. The average molecular weight is 2090 g/mol. The number of hydrogen-bond donors (Lipinski definition) is 0. The fraction of sp³-hybridized carbons (Fsp3) is 0.540. The number of aromatic nitrogens is 16. The zero-order valence-corrected chi connectivity index (χ0v) is 82.6. The molecule has 48 heteroatoms. The van der Waals surface area contributed by atoms with Crippen LogP contribution in [0.2, 0.25) is 5.02 Å². The van der Waals surface area contributed by atoms with Crippen molar-refractivity contribution in [1.29, 1.82) is 0 Å². The third kappa shape index (κ3) is 21.9. The summed E-state index contributed by atoms with van der Waals surface area (Å²) in [6.07, 6.45) is -8.26. The Morgan fingerprint density at radius 2 is 0.743 bits per heavy atom. The number of halogens is 16. The average Bonchev–Trinajstić information content (AvgIpc) is 1.05. The second-order valence-electron chi connectivity index (χ2n) is 40.9. The quantitative estimate of drug-likeness (QED) is 0.0721. The first-order valence-corrected chi connectivity index (χ1v) is 50.2. The summed E-state index contributed by atoms with van der Waals surface area (Å²) in [5.41, 5.74) is 9.98. The molecule has 2 saturated carbocycles. The number of pyridine rings is 4. The van der Waals surface area contributed by atoms with Gasteiger partial charge in [-0.3, -0.25) is 48.7 Å². The molecule has 5 amide bonds. The molecule has 0 spiro atoms. The van der Waals surface area contributed by atoms with E-state index in [4.69, 9.17) is 11.6 Å². The van der Waals surface area contributed by atoms with Gasteiger partial charge in [0.05, 0.1) is 65.7 Å². The van der Waals surface area contributed by atoms with Crippen LogP contribution in [-0.4, -0.2) is 230 Å². The third-order valence-electron chi connectivity index (χ3n) is 30.3. The van der Waals surface area contributed by atoms with E-state index in [-0.39, 0.29) is 202 Å². The van der Waals surface area contributed by atoms with E-state index in [0.717, 1.165) is 100 Å². The summed E-state index contributed by atoms with van der Waals surface area (Å²) in [5.74, 6) is -3.50. The van der Waals surface area contributed by atoms with Gasteiger partial charge in [-0.25, -0.2) is 0 Å². The van der Waals surface area contributed by atoms with Gasteiger partial charge in [0.15, 0.2) is 29.1 Å². The number of amides is 5. The van der Waals surface area contributed by atoms with Crippen LogP contribution in [0.5, 0.6) is 5.75 Å². The van der Waals surface area contributed by atoms with Gasteiger partial charge in [0, 0.05) is 222 Å². The zero-order chi connectivity index (χ0) is 105. The van der Waals surface area contributed by atoms with Crippen LogP contribution in [0, 0.1) is 59.2 Å². The Labute approximate surface area is 844 Å². The van der Waals surface area contributed by atoms with Gasteiger partial charge in [-0.2, -0.15) is 52.7 Å². The number of carbonyl (C=O) groups excluding carboxylic acids is 6. The highest BCUT2D eigenvalue weighted by atomic mass is 35.5. The van der Waals surface area contributed by atoms with Crippen LogP contribution in [0.1, 0.15) is 179 Å². The van der Waals surface area contributed by atoms with Crippen molar-refractivity contribution >= 4 is 102 Å². The lowest BCUT2D eigenvalue weighted by Crippen LogP contribution is -2.49. The van der Waals surface area contributed by atoms with Crippen molar-refractivity contribution in [1.82, 2.24) is 103 Å². The van der Waals surface area contributed by atoms with Gasteiger partial charge < -0.3 is 67.1 Å². The van der Waals surface area contributed by atoms with Crippen LogP contribution in [-0.2, 0) is 114 Å². The number of nitrogens with zero attached hydrogens (tertiary/aromatic N) is 25. The predicted octanol–water partition coefficient (Wildman–Crippen LogP) is 16.2. The molecule has 788 valence electrons. The second kappa shape index (κ2) is 41.1. The summed E-state index contributed by atoms with van der Waals surface area (Å²) in [4.78, 5) is 114. The fourth-order valence-electron chi connectivity index (χ4n) is 22.4. The molecule has 0 bridgehead atoms.